The van der Waals surface area contributed by atoms with E-state index in [-0.39, 0.29) is 27.9 Å². The number of anilines is 1. The van der Waals surface area contributed by atoms with E-state index in [0.717, 1.165) is 4.42 Å². The normalized spacial score (nSPS) is 11.7. The highest BCUT2D eigenvalue weighted by Gasteiger charge is 2.31. The van der Waals surface area contributed by atoms with E-state index in [2.05, 4.69) is 10.2 Å². The molecule has 1 amide bonds. The van der Waals surface area contributed by atoms with Gasteiger partial charge in [0, 0.05) is 11.8 Å². The summed E-state index contributed by atoms with van der Waals surface area (Å²) >= 11 is 12.6. The van der Waals surface area contributed by atoms with Gasteiger partial charge in [-0.25, -0.2) is 4.42 Å². The van der Waals surface area contributed by atoms with Crippen LogP contribution in [0.25, 0.3) is 0 Å². The van der Waals surface area contributed by atoms with Crippen LogP contribution in [0, 0.1) is 0 Å². The fourth-order valence-electron chi connectivity index (χ4n) is 2.82. The Morgan fingerprint density at radius 2 is 1.70 bits per heavy atom. The third kappa shape index (κ3) is 6.06. The van der Waals surface area contributed by atoms with Gasteiger partial charge in [-0.1, -0.05) is 17.7 Å². The molecule has 1 atom stereocenters. The van der Waals surface area contributed by atoms with Crippen LogP contribution < -0.4 is 23.4 Å². The Morgan fingerprint density at radius 3 is 2.27 bits per heavy atom. The van der Waals surface area contributed by atoms with Crippen molar-refractivity contribution in [2.75, 3.05) is 31.9 Å². The number of carbonyl (C=O) groups excluding carboxylic acids is 2. The Morgan fingerprint density at radius 1 is 1.00 bits per heavy atom. The average molecular weight is 498 g/mol. The number of halogens is 2. The number of para-hydroxylation sites is 1. The van der Waals surface area contributed by atoms with Crippen molar-refractivity contribution in [3.05, 3.63) is 35.4 Å². The second-order valence-electron chi connectivity index (χ2n) is 6.45. The van der Waals surface area contributed by atoms with Crippen LogP contribution in [0.2, 0.25) is 5.02 Å². The lowest BCUT2D eigenvalue weighted by atomic mass is 10.2. The van der Waals surface area contributed by atoms with Crippen molar-refractivity contribution in [1.82, 2.24) is 0 Å². The second-order valence-corrected chi connectivity index (χ2v) is 7.17. The molecule has 1 unspecified atom stereocenters. The molecule has 0 saturated carbocycles. The lowest BCUT2D eigenvalue weighted by molar-refractivity contribution is -0.126. The first-order valence-corrected chi connectivity index (χ1v) is 10.7. The van der Waals surface area contributed by atoms with Crippen LogP contribution in [0.1, 0.15) is 20.8 Å². The molecule has 0 heterocycles. The smallest absolute Gasteiger partial charge is 0.276 e. The predicted octanol–water partition coefficient (Wildman–Crippen LogP) is 5.38. The van der Waals surface area contributed by atoms with Crippen LogP contribution in [0.4, 0.5) is 11.4 Å². The first-order valence-electron chi connectivity index (χ1n) is 10.0. The van der Waals surface area contributed by atoms with Crippen LogP contribution in [0.3, 0.4) is 0 Å². The summed E-state index contributed by atoms with van der Waals surface area (Å²) in [5.74, 6) is -0.0654. The molecule has 2 aromatic rings. The number of hydrogen-bond acceptors (Lipinski definition) is 8. The Bertz CT molecular complexity index is 1030. The molecule has 0 fully saturated rings. The molecule has 2 rings (SSSR count). The number of methoxy groups -OCH3 is 2. The maximum atomic E-state index is 13.1. The number of nitrogens with zero attached hydrogens (tertiary/aromatic N) is 3. The van der Waals surface area contributed by atoms with Crippen LogP contribution >= 0.6 is 23.4 Å². The maximum absolute atomic E-state index is 13.1. The zero-order valence-corrected chi connectivity index (χ0v) is 20.4. The van der Waals surface area contributed by atoms with Crippen LogP contribution in [-0.2, 0) is 9.59 Å². The molecular weight excluding hydrogens is 473 g/mol. The number of rotatable bonds is 11. The van der Waals surface area contributed by atoms with Gasteiger partial charge >= 0.3 is 0 Å². The zero-order valence-electron chi connectivity index (χ0n) is 18.9. The van der Waals surface area contributed by atoms with Crippen molar-refractivity contribution in [2.45, 2.75) is 26.8 Å². The van der Waals surface area contributed by atoms with Crippen molar-refractivity contribution in [3.63, 3.8) is 0 Å². The molecule has 0 N–H and O–H groups in total. The maximum Gasteiger partial charge on any atom is 0.276 e. The fraction of sp³-hybridized carbons (Fsp3) is 0.364. The first-order chi connectivity index (χ1) is 15.8. The SMILES string of the molecule is CCOc1cccc(N(Cl)C(=O)C(N=Nc2ccc(OC)c(OC)c2Cl)C(C)=O)c1OCC. The lowest BCUT2D eigenvalue weighted by Crippen LogP contribution is -2.36. The first kappa shape index (κ1) is 26.2. The van der Waals surface area contributed by atoms with Gasteiger partial charge in [-0.3, -0.25) is 9.59 Å². The number of benzene rings is 2. The minimum Gasteiger partial charge on any atom is -0.493 e. The predicted molar refractivity (Wildman–Crippen MR) is 126 cm³/mol. The molecule has 9 nitrogen and oxygen atoms in total. The zero-order chi connectivity index (χ0) is 24.5. The second kappa shape index (κ2) is 12.3. The molecule has 0 aliphatic heterocycles. The van der Waals surface area contributed by atoms with Gasteiger partial charge in [0.25, 0.3) is 5.91 Å². The van der Waals surface area contributed by atoms with Gasteiger partial charge in [-0.2, -0.15) is 10.2 Å². The summed E-state index contributed by atoms with van der Waals surface area (Å²) in [4.78, 5) is 25.3. The standard InChI is InChI=1S/C22H25Cl2N3O6/c1-6-32-17-10-8-9-15(20(17)33-7-2)27(24)22(29)19(13(3)28)26-25-14-11-12-16(30-4)21(31-5)18(14)23/h8-12,19H,6-7H2,1-5H3. The molecule has 0 bridgehead atoms. The van der Waals surface area contributed by atoms with E-state index in [1.165, 1.54) is 27.2 Å². The molecule has 2 aromatic carbocycles. The van der Waals surface area contributed by atoms with Crippen molar-refractivity contribution in [3.8, 4) is 23.0 Å². The summed E-state index contributed by atoms with van der Waals surface area (Å²) in [7, 11) is 2.89. The van der Waals surface area contributed by atoms with Crippen molar-refractivity contribution < 1.29 is 28.5 Å². The lowest BCUT2D eigenvalue weighted by Gasteiger charge is -2.21. The third-order valence-corrected chi connectivity index (χ3v) is 5.03. The number of amides is 1. The summed E-state index contributed by atoms with van der Waals surface area (Å²) in [6.07, 6.45) is 0. The highest BCUT2D eigenvalue weighted by atomic mass is 35.5. The van der Waals surface area contributed by atoms with Crippen LogP contribution in [-0.4, -0.2) is 45.2 Å². The summed E-state index contributed by atoms with van der Waals surface area (Å²) < 4.78 is 22.4. The molecule has 178 valence electrons. The number of Topliss-reactive ketones (excluding diaryl/α,β-unsaturated/α-hetero) is 1. The summed E-state index contributed by atoms with van der Waals surface area (Å²) in [5, 5.41) is 8.01. The minimum atomic E-state index is -1.52. The molecule has 11 heteroatoms. The largest absolute Gasteiger partial charge is 0.493 e. The topological polar surface area (TPSA) is 99.0 Å². The molecule has 33 heavy (non-hydrogen) atoms. The highest BCUT2D eigenvalue weighted by molar-refractivity contribution is 6.39. The van der Waals surface area contributed by atoms with Gasteiger partial charge in [0.2, 0.25) is 6.04 Å². The Balaban J connectivity index is 2.41. The van der Waals surface area contributed by atoms with Crippen molar-refractivity contribution in [1.29, 1.82) is 0 Å². The number of hydrogen-bond donors (Lipinski definition) is 0. The average Bonchev–Trinajstić information content (AvgIpc) is 2.80. The third-order valence-electron chi connectivity index (χ3n) is 4.32. The molecule has 0 saturated heterocycles. The quantitative estimate of drug-likeness (QED) is 0.234. The molecule has 0 aliphatic carbocycles. The van der Waals surface area contributed by atoms with E-state index >= 15 is 0 Å². The molecule has 0 aliphatic rings. The molecule has 0 aromatic heterocycles. The van der Waals surface area contributed by atoms with E-state index in [0.29, 0.717) is 24.7 Å². The van der Waals surface area contributed by atoms with Gasteiger partial charge in [0.15, 0.2) is 28.8 Å². The van der Waals surface area contributed by atoms with Gasteiger partial charge < -0.3 is 18.9 Å². The Labute approximate surface area is 202 Å². The van der Waals surface area contributed by atoms with Gasteiger partial charge in [0.1, 0.15) is 16.4 Å². The van der Waals surface area contributed by atoms with Gasteiger partial charge in [-0.05, 0) is 45.0 Å². The van der Waals surface area contributed by atoms with E-state index < -0.39 is 17.7 Å². The van der Waals surface area contributed by atoms with Crippen molar-refractivity contribution in [2.24, 2.45) is 10.2 Å². The number of carbonyl (C=O) groups is 2. The fourth-order valence-corrected chi connectivity index (χ4v) is 3.32. The molecule has 0 spiro atoms. The number of ketones is 1. The van der Waals surface area contributed by atoms with E-state index in [9.17, 15) is 9.59 Å². The van der Waals surface area contributed by atoms with Crippen molar-refractivity contribution >= 4 is 46.4 Å². The summed E-state index contributed by atoms with van der Waals surface area (Å²) in [6, 6.07) is 6.49. The van der Waals surface area contributed by atoms with Crippen LogP contribution in [0.15, 0.2) is 40.6 Å². The Kier molecular flexibility index (Phi) is 9.74. The van der Waals surface area contributed by atoms with E-state index in [1.807, 2.05) is 6.92 Å². The minimum absolute atomic E-state index is 0.112. The summed E-state index contributed by atoms with van der Waals surface area (Å²) in [6.45, 7) is 5.51. The molecular formula is C22H25Cl2N3O6. The highest BCUT2D eigenvalue weighted by Crippen LogP contribution is 2.42. The van der Waals surface area contributed by atoms with Crippen LogP contribution in [0.5, 0.6) is 23.0 Å². The van der Waals surface area contributed by atoms with Gasteiger partial charge in [-0.15, -0.1) is 0 Å². The van der Waals surface area contributed by atoms with E-state index in [1.54, 1.807) is 31.2 Å². The number of azo groups is 1. The summed E-state index contributed by atoms with van der Waals surface area (Å²) in [5.41, 5.74) is 0.392. The Hall–Kier alpha value is -3.04. The van der Waals surface area contributed by atoms with E-state index in [4.69, 9.17) is 42.3 Å². The monoisotopic (exact) mass is 497 g/mol. The van der Waals surface area contributed by atoms with Gasteiger partial charge in [0.05, 0.1) is 27.4 Å². The molecule has 0 radical (unpaired) electrons. The number of ether oxygens (including phenoxy) is 4.